The molecule has 1 aliphatic rings. The van der Waals surface area contributed by atoms with Gasteiger partial charge in [-0.2, -0.15) is 0 Å². The molecule has 0 saturated carbocycles. The van der Waals surface area contributed by atoms with Crippen molar-refractivity contribution in [3.8, 4) is 11.5 Å². The molecule has 19 heavy (non-hydrogen) atoms. The largest absolute Gasteiger partial charge is 0.497 e. The van der Waals surface area contributed by atoms with E-state index < -0.39 is 0 Å². The monoisotopic (exact) mass is 339 g/mol. The van der Waals surface area contributed by atoms with Crippen LogP contribution in [-0.2, 0) is 0 Å². The third kappa shape index (κ3) is 2.38. The Bertz CT molecular complexity index is 599. The lowest BCUT2D eigenvalue weighted by Crippen LogP contribution is -2.23. The molecule has 0 radical (unpaired) electrons. The molecule has 3 nitrogen and oxygen atoms in total. The number of hydrogen-bond acceptors (Lipinski definition) is 4. The Balaban J connectivity index is 1.96. The minimum absolute atomic E-state index is 0.00369. The molecule has 0 bridgehead atoms. The zero-order valence-electron chi connectivity index (χ0n) is 10.4. The van der Waals surface area contributed by atoms with E-state index in [1.807, 2.05) is 24.3 Å². The lowest BCUT2D eigenvalue weighted by atomic mass is 9.96. The van der Waals surface area contributed by atoms with Crippen molar-refractivity contribution in [1.82, 2.24) is 0 Å². The molecular formula is C14H14BrNO2S. The maximum absolute atomic E-state index is 6.25. The van der Waals surface area contributed by atoms with Crippen LogP contribution in [0.5, 0.6) is 11.5 Å². The molecule has 1 unspecified atom stereocenters. The van der Waals surface area contributed by atoms with Gasteiger partial charge in [-0.15, -0.1) is 11.3 Å². The van der Waals surface area contributed by atoms with Gasteiger partial charge in [-0.05, 0) is 33.4 Å². The molecule has 0 aliphatic carbocycles. The van der Waals surface area contributed by atoms with Crippen LogP contribution in [0, 0.1) is 0 Å². The fraction of sp³-hybridized carbons (Fsp3) is 0.286. The maximum atomic E-state index is 6.25. The van der Waals surface area contributed by atoms with Gasteiger partial charge in [0.2, 0.25) is 0 Å². The summed E-state index contributed by atoms with van der Waals surface area (Å²) in [5.74, 6) is 1.61. The van der Waals surface area contributed by atoms with E-state index in [4.69, 9.17) is 15.2 Å². The van der Waals surface area contributed by atoms with Gasteiger partial charge in [-0.1, -0.05) is 6.07 Å². The van der Waals surface area contributed by atoms with Crippen LogP contribution in [0.15, 0.2) is 34.1 Å². The first-order valence-electron chi connectivity index (χ1n) is 6.02. The van der Waals surface area contributed by atoms with E-state index in [-0.39, 0.29) is 12.1 Å². The summed E-state index contributed by atoms with van der Waals surface area (Å²) in [6.45, 7) is 0. The van der Waals surface area contributed by atoms with Gasteiger partial charge >= 0.3 is 0 Å². The second-order valence-corrected chi connectivity index (χ2v) is 6.29. The van der Waals surface area contributed by atoms with Crippen LogP contribution in [-0.4, -0.2) is 7.11 Å². The van der Waals surface area contributed by atoms with Crippen molar-refractivity contribution in [3.63, 3.8) is 0 Å². The number of nitrogens with two attached hydrogens (primary N) is 1. The van der Waals surface area contributed by atoms with Gasteiger partial charge in [-0.25, -0.2) is 0 Å². The summed E-state index contributed by atoms with van der Waals surface area (Å²) < 4.78 is 12.4. The summed E-state index contributed by atoms with van der Waals surface area (Å²) in [4.78, 5) is 1.18. The lowest BCUT2D eigenvalue weighted by Gasteiger charge is -2.30. The van der Waals surface area contributed by atoms with Crippen molar-refractivity contribution < 1.29 is 9.47 Å². The summed E-state index contributed by atoms with van der Waals surface area (Å²) in [5, 5.41) is 2.05. The number of benzene rings is 1. The Hall–Kier alpha value is -1.04. The first-order valence-corrected chi connectivity index (χ1v) is 7.69. The molecule has 1 aromatic carbocycles. The van der Waals surface area contributed by atoms with E-state index in [1.54, 1.807) is 18.4 Å². The number of halogens is 1. The predicted octanol–water partition coefficient (Wildman–Crippen LogP) is 4.04. The SMILES string of the molecule is COc1ccc2c(c1)OC(c1sccc1Br)C[C@@H]2N. The van der Waals surface area contributed by atoms with Crippen LogP contribution < -0.4 is 15.2 Å². The smallest absolute Gasteiger partial charge is 0.136 e. The van der Waals surface area contributed by atoms with Gasteiger partial charge in [0, 0.05) is 28.6 Å². The molecule has 0 amide bonds. The average molecular weight is 340 g/mol. The molecular weight excluding hydrogens is 326 g/mol. The molecule has 0 fully saturated rings. The van der Waals surface area contributed by atoms with Gasteiger partial charge in [0.25, 0.3) is 0 Å². The van der Waals surface area contributed by atoms with Gasteiger partial charge in [0.1, 0.15) is 17.6 Å². The van der Waals surface area contributed by atoms with Crippen LogP contribution in [0.3, 0.4) is 0 Å². The molecule has 2 aromatic rings. The summed E-state index contributed by atoms with van der Waals surface area (Å²) in [6.07, 6.45) is 0.794. The quantitative estimate of drug-likeness (QED) is 0.897. The van der Waals surface area contributed by atoms with Crippen LogP contribution in [0.2, 0.25) is 0 Å². The van der Waals surface area contributed by atoms with Crippen LogP contribution in [0.4, 0.5) is 0 Å². The molecule has 1 aromatic heterocycles. The highest BCUT2D eigenvalue weighted by Gasteiger charge is 2.29. The number of fused-ring (bicyclic) bond motifs is 1. The summed E-state index contributed by atoms with van der Waals surface area (Å²) in [5.41, 5.74) is 7.30. The zero-order chi connectivity index (χ0) is 13.4. The van der Waals surface area contributed by atoms with E-state index in [2.05, 4.69) is 21.3 Å². The zero-order valence-corrected chi connectivity index (χ0v) is 12.8. The fourth-order valence-corrected chi connectivity index (χ4v) is 3.98. The number of hydrogen-bond donors (Lipinski definition) is 1. The lowest BCUT2D eigenvalue weighted by molar-refractivity contribution is 0.163. The number of rotatable bonds is 2. The predicted molar refractivity (Wildman–Crippen MR) is 79.9 cm³/mol. The highest BCUT2D eigenvalue weighted by Crippen LogP contribution is 2.44. The fourth-order valence-electron chi connectivity index (χ4n) is 2.30. The Labute approximate surface area is 124 Å². The Morgan fingerprint density at radius 2 is 2.26 bits per heavy atom. The highest BCUT2D eigenvalue weighted by atomic mass is 79.9. The van der Waals surface area contributed by atoms with Crippen molar-refractivity contribution >= 4 is 27.3 Å². The Morgan fingerprint density at radius 1 is 1.42 bits per heavy atom. The minimum atomic E-state index is -0.00587. The maximum Gasteiger partial charge on any atom is 0.136 e. The van der Waals surface area contributed by atoms with E-state index in [0.29, 0.717) is 0 Å². The average Bonchev–Trinajstić information content (AvgIpc) is 2.84. The number of methoxy groups -OCH3 is 1. The molecule has 2 heterocycles. The van der Waals surface area contributed by atoms with Crippen LogP contribution >= 0.6 is 27.3 Å². The first kappa shape index (κ1) is 13.0. The normalized spacial score (nSPS) is 21.6. The third-order valence-corrected chi connectivity index (χ3v) is 5.26. The van der Waals surface area contributed by atoms with E-state index in [1.165, 1.54) is 4.88 Å². The van der Waals surface area contributed by atoms with Gasteiger partial charge in [0.05, 0.1) is 12.0 Å². The highest BCUT2D eigenvalue weighted by molar-refractivity contribution is 9.10. The molecule has 3 rings (SSSR count). The topological polar surface area (TPSA) is 44.5 Å². The summed E-state index contributed by atoms with van der Waals surface area (Å²) in [7, 11) is 1.65. The van der Waals surface area contributed by atoms with Crippen molar-refractivity contribution in [1.29, 1.82) is 0 Å². The van der Waals surface area contributed by atoms with Crippen molar-refractivity contribution in [2.75, 3.05) is 7.11 Å². The Kier molecular flexibility index (Phi) is 3.52. The molecule has 2 atom stereocenters. The molecule has 5 heteroatoms. The van der Waals surface area contributed by atoms with E-state index in [9.17, 15) is 0 Å². The molecule has 1 aliphatic heterocycles. The van der Waals surface area contributed by atoms with Crippen molar-refractivity contribution in [3.05, 3.63) is 44.6 Å². The van der Waals surface area contributed by atoms with Crippen molar-refractivity contribution in [2.45, 2.75) is 18.6 Å². The molecule has 0 spiro atoms. The van der Waals surface area contributed by atoms with Crippen LogP contribution in [0.1, 0.15) is 29.0 Å². The number of ether oxygens (including phenoxy) is 2. The summed E-state index contributed by atoms with van der Waals surface area (Å²) >= 11 is 5.24. The summed E-state index contributed by atoms with van der Waals surface area (Å²) in [6, 6.07) is 7.84. The molecule has 100 valence electrons. The van der Waals surface area contributed by atoms with Crippen molar-refractivity contribution in [2.24, 2.45) is 5.73 Å². The van der Waals surface area contributed by atoms with Gasteiger partial charge in [-0.3, -0.25) is 0 Å². The van der Waals surface area contributed by atoms with E-state index in [0.717, 1.165) is 28.0 Å². The third-order valence-electron chi connectivity index (χ3n) is 3.29. The Morgan fingerprint density at radius 3 is 2.95 bits per heavy atom. The first-order chi connectivity index (χ1) is 9.19. The molecule has 2 N–H and O–H groups in total. The standard InChI is InChI=1S/C14H14BrNO2S/c1-17-8-2-3-9-11(16)7-13(18-12(9)6-8)14-10(15)4-5-19-14/h2-6,11,13H,7,16H2,1H3/t11-,13?/m0/s1. The van der Waals surface area contributed by atoms with E-state index >= 15 is 0 Å². The van der Waals surface area contributed by atoms with Gasteiger partial charge in [0.15, 0.2) is 0 Å². The van der Waals surface area contributed by atoms with Crippen LogP contribution in [0.25, 0.3) is 0 Å². The minimum Gasteiger partial charge on any atom is -0.497 e. The van der Waals surface area contributed by atoms with Gasteiger partial charge < -0.3 is 15.2 Å². The number of thiophene rings is 1. The second-order valence-electron chi connectivity index (χ2n) is 4.49. The molecule has 0 saturated heterocycles. The second kappa shape index (κ2) is 5.15.